The number of ketones is 1. The van der Waals surface area contributed by atoms with Crippen LogP contribution in [0.15, 0.2) is 29.2 Å². The van der Waals surface area contributed by atoms with Gasteiger partial charge in [-0.25, -0.2) is 4.79 Å². The molecule has 0 aromatic heterocycles. The number of rotatable bonds is 3. The first-order valence-electron chi connectivity index (χ1n) is 7.68. The van der Waals surface area contributed by atoms with E-state index in [1.54, 1.807) is 16.7 Å². The first-order valence-corrected chi connectivity index (χ1v) is 8.56. The van der Waals surface area contributed by atoms with Crippen molar-refractivity contribution in [3.8, 4) is 0 Å². The minimum absolute atomic E-state index is 0.00346. The van der Waals surface area contributed by atoms with Crippen molar-refractivity contribution in [1.82, 2.24) is 4.90 Å². The molecule has 0 bridgehead atoms. The maximum absolute atomic E-state index is 12.3. The molecule has 1 fully saturated rings. The summed E-state index contributed by atoms with van der Waals surface area (Å²) < 4.78 is 5.43. The standard InChI is InChI=1S/C17H24N2O3S/c1-11(20)15-9-14(23-13-7-5-12(18)6-8-13)10-19(15)16(21)22-17(2,3)4/h5-8,14-15H,9-10,18H2,1-4H3. The Balaban J connectivity index is 2.06. The van der Waals surface area contributed by atoms with Gasteiger partial charge in [-0.2, -0.15) is 0 Å². The quantitative estimate of drug-likeness (QED) is 0.857. The van der Waals surface area contributed by atoms with Crippen molar-refractivity contribution in [3.05, 3.63) is 24.3 Å². The van der Waals surface area contributed by atoms with E-state index in [1.807, 2.05) is 45.0 Å². The van der Waals surface area contributed by atoms with Gasteiger partial charge in [0.15, 0.2) is 5.78 Å². The van der Waals surface area contributed by atoms with Crippen LogP contribution in [0.2, 0.25) is 0 Å². The molecule has 1 amide bonds. The Bertz CT molecular complexity index is 580. The number of ether oxygens (including phenoxy) is 1. The van der Waals surface area contributed by atoms with Crippen LogP contribution in [0.25, 0.3) is 0 Å². The van der Waals surface area contributed by atoms with Gasteiger partial charge in [0.25, 0.3) is 0 Å². The molecule has 1 heterocycles. The zero-order chi connectivity index (χ0) is 17.2. The summed E-state index contributed by atoms with van der Waals surface area (Å²) in [7, 11) is 0. The molecule has 0 radical (unpaired) electrons. The summed E-state index contributed by atoms with van der Waals surface area (Å²) in [4.78, 5) is 26.9. The van der Waals surface area contributed by atoms with E-state index in [0.29, 0.717) is 13.0 Å². The van der Waals surface area contributed by atoms with Gasteiger partial charge in [-0.3, -0.25) is 9.69 Å². The van der Waals surface area contributed by atoms with Gasteiger partial charge in [0.2, 0.25) is 0 Å². The van der Waals surface area contributed by atoms with Crippen LogP contribution in [0, 0.1) is 0 Å². The van der Waals surface area contributed by atoms with Crippen LogP contribution in [0.5, 0.6) is 0 Å². The molecule has 1 aliphatic heterocycles. The third-order valence-electron chi connectivity index (χ3n) is 3.54. The van der Waals surface area contributed by atoms with Gasteiger partial charge in [0, 0.05) is 22.4 Å². The molecule has 2 atom stereocenters. The molecular weight excluding hydrogens is 312 g/mol. The lowest BCUT2D eigenvalue weighted by molar-refractivity contribution is -0.121. The predicted molar refractivity (Wildman–Crippen MR) is 92.5 cm³/mol. The average molecular weight is 336 g/mol. The molecule has 6 heteroatoms. The van der Waals surface area contributed by atoms with Crippen molar-refractivity contribution in [2.75, 3.05) is 12.3 Å². The molecule has 1 aromatic rings. The lowest BCUT2D eigenvalue weighted by atomic mass is 10.1. The predicted octanol–water partition coefficient (Wildman–Crippen LogP) is 3.33. The second-order valence-corrected chi connectivity index (χ2v) is 8.18. The van der Waals surface area contributed by atoms with E-state index in [2.05, 4.69) is 0 Å². The molecule has 2 unspecified atom stereocenters. The van der Waals surface area contributed by atoms with Gasteiger partial charge in [-0.1, -0.05) is 0 Å². The van der Waals surface area contributed by atoms with Crippen molar-refractivity contribution >= 4 is 29.3 Å². The minimum Gasteiger partial charge on any atom is -0.444 e. The zero-order valence-electron chi connectivity index (χ0n) is 14.0. The first-order chi connectivity index (χ1) is 10.7. The number of nitrogens with two attached hydrogens (primary N) is 1. The van der Waals surface area contributed by atoms with E-state index in [9.17, 15) is 9.59 Å². The molecule has 0 spiro atoms. The number of benzene rings is 1. The number of nitrogen functional groups attached to an aromatic ring is 1. The second-order valence-electron chi connectivity index (χ2n) is 6.80. The molecule has 0 saturated carbocycles. The number of nitrogens with zero attached hydrogens (tertiary/aromatic N) is 1. The fourth-order valence-electron chi connectivity index (χ4n) is 2.53. The number of anilines is 1. The average Bonchev–Trinajstić information content (AvgIpc) is 2.84. The highest BCUT2D eigenvalue weighted by atomic mass is 32.2. The Morgan fingerprint density at radius 2 is 1.87 bits per heavy atom. The summed E-state index contributed by atoms with van der Waals surface area (Å²) in [5.74, 6) is -0.00346. The van der Waals surface area contributed by atoms with Crippen LogP contribution < -0.4 is 5.73 Å². The number of amides is 1. The van der Waals surface area contributed by atoms with Crippen LogP contribution in [-0.2, 0) is 9.53 Å². The molecule has 23 heavy (non-hydrogen) atoms. The third kappa shape index (κ3) is 4.89. The van der Waals surface area contributed by atoms with Crippen LogP contribution in [0.4, 0.5) is 10.5 Å². The van der Waals surface area contributed by atoms with Crippen molar-refractivity contribution < 1.29 is 14.3 Å². The molecule has 0 aliphatic carbocycles. The Hall–Kier alpha value is -1.69. The summed E-state index contributed by atoms with van der Waals surface area (Å²) in [6.45, 7) is 7.51. The van der Waals surface area contributed by atoms with Crippen LogP contribution in [0.1, 0.15) is 34.1 Å². The summed E-state index contributed by atoms with van der Waals surface area (Å²) in [5.41, 5.74) is 5.85. The van der Waals surface area contributed by atoms with Crippen molar-refractivity contribution in [2.45, 2.75) is 55.9 Å². The maximum Gasteiger partial charge on any atom is 0.410 e. The number of hydrogen-bond acceptors (Lipinski definition) is 5. The molecule has 5 nitrogen and oxygen atoms in total. The summed E-state index contributed by atoms with van der Waals surface area (Å²) in [5, 5.41) is 0.167. The summed E-state index contributed by atoms with van der Waals surface area (Å²) in [6.07, 6.45) is 0.224. The van der Waals surface area contributed by atoms with E-state index < -0.39 is 17.7 Å². The highest BCUT2D eigenvalue weighted by Crippen LogP contribution is 2.34. The van der Waals surface area contributed by atoms with Gasteiger partial charge in [0.1, 0.15) is 5.60 Å². The lowest BCUT2D eigenvalue weighted by Gasteiger charge is -2.27. The van der Waals surface area contributed by atoms with E-state index in [4.69, 9.17) is 10.5 Å². The number of hydrogen-bond donors (Lipinski definition) is 1. The van der Waals surface area contributed by atoms with E-state index >= 15 is 0 Å². The van der Waals surface area contributed by atoms with Crippen molar-refractivity contribution in [3.63, 3.8) is 0 Å². The topological polar surface area (TPSA) is 72.6 Å². The summed E-state index contributed by atoms with van der Waals surface area (Å²) in [6, 6.07) is 7.21. The highest BCUT2D eigenvalue weighted by Gasteiger charge is 2.40. The van der Waals surface area contributed by atoms with Crippen LogP contribution in [-0.4, -0.2) is 40.2 Å². The van der Waals surface area contributed by atoms with Gasteiger partial charge >= 0.3 is 6.09 Å². The number of thioether (sulfide) groups is 1. The first kappa shape index (κ1) is 17.7. The van der Waals surface area contributed by atoms with Crippen molar-refractivity contribution in [2.24, 2.45) is 0 Å². The third-order valence-corrected chi connectivity index (χ3v) is 4.76. The van der Waals surface area contributed by atoms with Crippen LogP contribution in [0.3, 0.4) is 0 Å². The molecule has 2 N–H and O–H groups in total. The Morgan fingerprint density at radius 1 is 1.26 bits per heavy atom. The van der Waals surface area contributed by atoms with E-state index in [-0.39, 0.29) is 11.0 Å². The largest absolute Gasteiger partial charge is 0.444 e. The van der Waals surface area contributed by atoms with Gasteiger partial charge in [-0.05, 0) is 58.4 Å². The van der Waals surface area contributed by atoms with E-state index in [0.717, 1.165) is 10.6 Å². The van der Waals surface area contributed by atoms with Crippen LogP contribution >= 0.6 is 11.8 Å². The Kier molecular flexibility index (Phi) is 5.24. The number of Topliss-reactive ketones (excluding diaryl/α,β-unsaturated/α-hetero) is 1. The molecule has 2 rings (SSSR count). The monoisotopic (exact) mass is 336 g/mol. The number of carbonyl (C=O) groups is 2. The second kappa shape index (κ2) is 6.83. The van der Waals surface area contributed by atoms with E-state index in [1.165, 1.54) is 6.92 Å². The molecule has 1 aliphatic rings. The number of likely N-dealkylation sites (tertiary alicyclic amines) is 1. The molecular formula is C17H24N2O3S. The smallest absolute Gasteiger partial charge is 0.410 e. The van der Waals surface area contributed by atoms with Crippen molar-refractivity contribution in [1.29, 1.82) is 0 Å². The molecule has 1 aromatic carbocycles. The number of carbonyl (C=O) groups excluding carboxylic acids is 2. The SMILES string of the molecule is CC(=O)C1CC(Sc2ccc(N)cc2)CN1C(=O)OC(C)(C)C. The summed E-state index contributed by atoms with van der Waals surface area (Å²) >= 11 is 1.66. The minimum atomic E-state index is -0.569. The van der Waals surface area contributed by atoms with Gasteiger partial charge in [0.05, 0.1) is 6.04 Å². The lowest BCUT2D eigenvalue weighted by Crippen LogP contribution is -2.42. The fourth-order valence-corrected chi connectivity index (χ4v) is 3.72. The zero-order valence-corrected chi connectivity index (χ0v) is 14.9. The maximum atomic E-state index is 12.3. The Morgan fingerprint density at radius 3 is 2.39 bits per heavy atom. The fraction of sp³-hybridized carbons (Fsp3) is 0.529. The highest BCUT2D eigenvalue weighted by molar-refractivity contribution is 8.00. The molecule has 126 valence electrons. The van der Waals surface area contributed by atoms with Gasteiger partial charge in [-0.15, -0.1) is 11.8 Å². The molecule has 1 saturated heterocycles. The van der Waals surface area contributed by atoms with Gasteiger partial charge < -0.3 is 10.5 Å². The Labute approximate surface area is 141 Å². The normalized spacial score (nSPS) is 21.3.